The van der Waals surface area contributed by atoms with Crippen molar-refractivity contribution in [3.63, 3.8) is 0 Å². The predicted octanol–water partition coefficient (Wildman–Crippen LogP) is 1.89. The van der Waals surface area contributed by atoms with E-state index in [0.717, 1.165) is 6.07 Å². The molecule has 0 spiro atoms. The van der Waals surface area contributed by atoms with Gasteiger partial charge in [-0.3, -0.25) is 19.7 Å². The number of benzene rings is 1. The van der Waals surface area contributed by atoms with Crippen LogP contribution < -0.4 is 10.9 Å². The van der Waals surface area contributed by atoms with Crippen LogP contribution in [0.1, 0.15) is 16.1 Å². The zero-order chi connectivity index (χ0) is 15.6. The molecule has 0 atom stereocenters. The highest BCUT2D eigenvalue weighted by Gasteiger charge is 2.17. The third kappa shape index (κ3) is 3.23. The molecule has 0 aliphatic carbocycles. The number of nitro benzene ring substituents is 1. The third-order valence-electron chi connectivity index (χ3n) is 2.65. The standard InChI is InChI=1S/C12H9ClN4O4/c1-6-4-10(17(20)21)7(13)5-9(6)14-12(19)8-2-3-11(18)16-15-8/h2-5H,1H3,(H,14,19)(H,16,18). The normalized spacial score (nSPS) is 10.2. The number of amides is 1. The minimum absolute atomic E-state index is 0.00322. The number of nitrogens with zero attached hydrogens (tertiary/aromatic N) is 2. The van der Waals surface area contributed by atoms with E-state index < -0.39 is 16.4 Å². The lowest BCUT2D eigenvalue weighted by Gasteiger charge is -2.08. The molecule has 0 radical (unpaired) electrons. The van der Waals surface area contributed by atoms with Gasteiger partial charge in [0.05, 0.1) is 4.92 Å². The van der Waals surface area contributed by atoms with Crippen molar-refractivity contribution in [1.29, 1.82) is 0 Å². The second-order valence-electron chi connectivity index (χ2n) is 4.14. The molecule has 0 bridgehead atoms. The van der Waals surface area contributed by atoms with Crippen LogP contribution in [0.5, 0.6) is 0 Å². The number of nitro groups is 1. The monoisotopic (exact) mass is 308 g/mol. The molecule has 1 aromatic carbocycles. The van der Waals surface area contributed by atoms with Gasteiger partial charge in [0.1, 0.15) is 10.7 Å². The van der Waals surface area contributed by atoms with Crippen LogP contribution in [-0.4, -0.2) is 21.0 Å². The Morgan fingerprint density at radius 2 is 2.14 bits per heavy atom. The summed E-state index contributed by atoms with van der Waals surface area (Å²) in [4.78, 5) is 33.0. The zero-order valence-corrected chi connectivity index (χ0v) is 11.5. The highest BCUT2D eigenvalue weighted by Crippen LogP contribution is 2.30. The van der Waals surface area contributed by atoms with Crippen molar-refractivity contribution in [2.75, 3.05) is 5.32 Å². The molecule has 1 amide bonds. The maximum Gasteiger partial charge on any atom is 0.288 e. The van der Waals surface area contributed by atoms with Gasteiger partial charge in [0.25, 0.3) is 17.2 Å². The van der Waals surface area contributed by atoms with Crippen molar-refractivity contribution >= 4 is 28.9 Å². The number of aryl methyl sites for hydroxylation is 1. The largest absolute Gasteiger partial charge is 0.320 e. The highest BCUT2D eigenvalue weighted by atomic mass is 35.5. The second kappa shape index (κ2) is 5.71. The van der Waals surface area contributed by atoms with E-state index in [1.165, 1.54) is 18.2 Å². The van der Waals surface area contributed by atoms with E-state index in [-0.39, 0.29) is 16.4 Å². The van der Waals surface area contributed by atoms with Crippen LogP contribution in [-0.2, 0) is 0 Å². The van der Waals surface area contributed by atoms with E-state index in [1.807, 2.05) is 0 Å². The van der Waals surface area contributed by atoms with Gasteiger partial charge >= 0.3 is 0 Å². The molecule has 2 N–H and O–H groups in total. The van der Waals surface area contributed by atoms with Gasteiger partial charge in [-0.1, -0.05) is 11.6 Å². The molecule has 8 nitrogen and oxygen atoms in total. The Bertz CT molecular complexity index is 767. The summed E-state index contributed by atoms with van der Waals surface area (Å²) < 4.78 is 0. The molecular weight excluding hydrogens is 300 g/mol. The summed E-state index contributed by atoms with van der Waals surface area (Å²) >= 11 is 5.79. The number of H-pyrrole nitrogens is 1. The number of nitrogens with one attached hydrogen (secondary N) is 2. The smallest absolute Gasteiger partial charge is 0.288 e. The maximum atomic E-state index is 11.9. The average Bonchev–Trinajstić information content (AvgIpc) is 2.42. The third-order valence-corrected chi connectivity index (χ3v) is 2.95. The number of carbonyl (C=O) groups excluding carboxylic acids is 1. The quantitative estimate of drug-likeness (QED) is 0.663. The van der Waals surface area contributed by atoms with Crippen LogP contribution >= 0.6 is 11.6 Å². The van der Waals surface area contributed by atoms with Crippen LogP contribution in [0.2, 0.25) is 5.02 Å². The minimum atomic E-state index is -0.607. The van der Waals surface area contributed by atoms with Gasteiger partial charge in [0.15, 0.2) is 0 Å². The van der Waals surface area contributed by atoms with Crippen LogP contribution in [0.15, 0.2) is 29.1 Å². The Hall–Kier alpha value is -2.74. The molecule has 0 aliphatic rings. The van der Waals surface area contributed by atoms with E-state index in [9.17, 15) is 19.7 Å². The molecule has 2 aromatic rings. The van der Waals surface area contributed by atoms with E-state index in [1.54, 1.807) is 6.92 Å². The molecule has 0 fully saturated rings. The number of aromatic amines is 1. The molecular formula is C12H9ClN4O4. The Kier molecular flexibility index (Phi) is 3.99. The first-order valence-electron chi connectivity index (χ1n) is 5.70. The zero-order valence-electron chi connectivity index (χ0n) is 10.7. The number of carbonyl (C=O) groups is 1. The molecule has 0 aliphatic heterocycles. The van der Waals surface area contributed by atoms with Gasteiger partial charge in [0, 0.05) is 17.8 Å². The SMILES string of the molecule is Cc1cc([N+](=O)[O-])c(Cl)cc1NC(=O)c1ccc(=O)[nH]n1. The van der Waals surface area contributed by atoms with Crippen molar-refractivity contribution in [2.24, 2.45) is 0 Å². The first kappa shape index (κ1) is 14.7. The first-order valence-corrected chi connectivity index (χ1v) is 6.08. The molecule has 0 unspecified atom stereocenters. The minimum Gasteiger partial charge on any atom is -0.320 e. The second-order valence-corrected chi connectivity index (χ2v) is 4.54. The fraction of sp³-hybridized carbons (Fsp3) is 0.0833. The molecule has 9 heteroatoms. The topological polar surface area (TPSA) is 118 Å². The Labute approximate surface area is 122 Å². The Morgan fingerprint density at radius 3 is 2.71 bits per heavy atom. The number of halogens is 1. The lowest BCUT2D eigenvalue weighted by molar-refractivity contribution is -0.384. The summed E-state index contributed by atoms with van der Waals surface area (Å²) in [5, 5.41) is 18.9. The summed E-state index contributed by atoms with van der Waals surface area (Å²) in [6, 6.07) is 4.98. The van der Waals surface area contributed by atoms with Crippen molar-refractivity contribution in [3.05, 3.63) is 61.0 Å². The lowest BCUT2D eigenvalue weighted by atomic mass is 10.1. The van der Waals surface area contributed by atoms with Crippen LogP contribution in [0.25, 0.3) is 0 Å². The molecule has 21 heavy (non-hydrogen) atoms. The number of rotatable bonds is 3. The summed E-state index contributed by atoms with van der Waals surface area (Å²) in [6.07, 6.45) is 0. The van der Waals surface area contributed by atoms with Crippen molar-refractivity contribution in [2.45, 2.75) is 6.92 Å². The summed E-state index contributed by atoms with van der Waals surface area (Å²) in [7, 11) is 0. The van der Waals surface area contributed by atoms with Crippen molar-refractivity contribution in [1.82, 2.24) is 10.2 Å². The van der Waals surface area contributed by atoms with Crippen LogP contribution in [0, 0.1) is 17.0 Å². The summed E-state index contributed by atoms with van der Waals surface area (Å²) in [5.74, 6) is -0.570. The molecule has 1 heterocycles. The number of hydrogen-bond acceptors (Lipinski definition) is 5. The molecule has 0 saturated heterocycles. The lowest BCUT2D eigenvalue weighted by Crippen LogP contribution is -2.18. The Balaban J connectivity index is 2.29. The number of hydrogen-bond donors (Lipinski definition) is 2. The van der Waals surface area contributed by atoms with Crippen LogP contribution in [0.3, 0.4) is 0 Å². The molecule has 1 aromatic heterocycles. The fourth-order valence-electron chi connectivity index (χ4n) is 1.60. The molecule has 2 rings (SSSR count). The van der Waals surface area contributed by atoms with Crippen LogP contribution in [0.4, 0.5) is 11.4 Å². The first-order chi connectivity index (χ1) is 9.88. The van der Waals surface area contributed by atoms with E-state index in [0.29, 0.717) is 11.3 Å². The van der Waals surface area contributed by atoms with Gasteiger partial charge < -0.3 is 5.32 Å². The van der Waals surface area contributed by atoms with E-state index in [4.69, 9.17) is 11.6 Å². The van der Waals surface area contributed by atoms with Gasteiger partial charge in [-0.2, -0.15) is 5.10 Å². The summed E-state index contributed by atoms with van der Waals surface area (Å²) in [6.45, 7) is 1.60. The maximum absolute atomic E-state index is 11.9. The molecule has 0 saturated carbocycles. The van der Waals surface area contributed by atoms with Gasteiger partial charge in [-0.25, -0.2) is 5.10 Å². The van der Waals surface area contributed by atoms with Crippen molar-refractivity contribution in [3.8, 4) is 0 Å². The molecule has 108 valence electrons. The highest BCUT2D eigenvalue weighted by molar-refractivity contribution is 6.33. The van der Waals surface area contributed by atoms with Gasteiger partial charge in [-0.15, -0.1) is 0 Å². The average molecular weight is 309 g/mol. The number of anilines is 1. The fourth-order valence-corrected chi connectivity index (χ4v) is 1.83. The van der Waals surface area contributed by atoms with Crippen molar-refractivity contribution < 1.29 is 9.72 Å². The van der Waals surface area contributed by atoms with Gasteiger partial charge in [0.2, 0.25) is 0 Å². The van der Waals surface area contributed by atoms with Gasteiger partial charge in [-0.05, 0) is 24.6 Å². The van der Waals surface area contributed by atoms with E-state index in [2.05, 4.69) is 15.5 Å². The Morgan fingerprint density at radius 1 is 1.43 bits per heavy atom. The summed E-state index contributed by atoms with van der Waals surface area (Å²) in [5.41, 5.74) is 0.131. The van der Waals surface area contributed by atoms with E-state index >= 15 is 0 Å². The number of aromatic nitrogens is 2. The predicted molar refractivity (Wildman–Crippen MR) is 75.7 cm³/mol.